The highest BCUT2D eigenvalue weighted by Crippen LogP contribution is 2.02. The second kappa shape index (κ2) is 9.47. The molecule has 0 rings (SSSR count). The van der Waals surface area contributed by atoms with Crippen LogP contribution in [0.1, 0.15) is 39.5 Å². The summed E-state index contributed by atoms with van der Waals surface area (Å²) in [5, 5.41) is 3.18. The Balaban J connectivity index is 3.10. The molecule has 0 aliphatic heterocycles. The van der Waals surface area contributed by atoms with Gasteiger partial charge in [-0.3, -0.25) is 0 Å². The van der Waals surface area contributed by atoms with Gasteiger partial charge >= 0.3 is 0 Å². The number of unbranched alkanes of at least 4 members (excludes halogenated alkanes) is 3. The third-order valence-electron chi connectivity index (χ3n) is 2.39. The number of hydrogen-bond acceptors (Lipinski definition) is 2. The van der Waals surface area contributed by atoms with E-state index in [9.17, 15) is 0 Å². The minimum absolute atomic E-state index is 0.796. The number of rotatable bonds is 9. The molecule has 0 saturated heterocycles. The van der Waals surface area contributed by atoms with Gasteiger partial charge in [0.25, 0.3) is 0 Å². The lowest BCUT2D eigenvalue weighted by Gasteiger charge is -2.18. The average molecular weight is 200 g/mol. The van der Waals surface area contributed by atoms with Crippen molar-refractivity contribution in [2.45, 2.75) is 39.5 Å². The zero-order chi connectivity index (χ0) is 10.8. The molecule has 0 amide bonds. The maximum atomic E-state index is 3.18. The van der Waals surface area contributed by atoms with Crippen molar-refractivity contribution in [3.8, 4) is 0 Å². The molecular formula is C12H28N2. The van der Waals surface area contributed by atoms with Crippen LogP contribution in [0.3, 0.4) is 0 Å². The normalized spacial score (nSPS) is 11.6. The van der Waals surface area contributed by atoms with E-state index in [2.05, 4.69) is 31.1 Å². The number of nitrogens with one attached hydrogen (secondary N) is 1. The van der Waals surface area contributed by atoms with E-state index < -0.39 is 0 Å². The van der Waals surface area contributed by atoms with Crippen molar-refractivity contribution in [2.75, 3.05) is 33.7 Å². The summed E-state index contributed by atoms with van der Waals surface area (Å²) in [5.74, 6) is 0.796. The highest BCUT2D eigenvalue weighted by molar-refractivity contribution is 4.55. The van der Waals surface area contributed by atoms with Crippen LogP contribution >= 0.6 is 0 Å². The van der Waals surface area contributed by atoms with Gasteiger partial charge < -0.3 is 10.2 Å². The molecule has 0 saturated carbocycles. The minimum atomic E-state index is 0.796. The molecule has 0 spiro atoms. The van der Waals surface area contributed by atoms with Gasteiger partial charge in [-0.05, 0) is 45.9 Å². The third kappa shape index (κ3) is 10.0. The fourth-order valence-electron chi connectivity index (χ4n) is 1.75. The van der Waals surface area contributed by atoms with E-state index >= 15 is 0 Å². The van der Waals surface area contributed by atoms with Gasteiger partial charge in [0.15, 0.2) is 0 Å². The first kappa shape index (κ1) is 13.9. The highest BCUT2D eigenvalue weighted by atomic mass is 15.1. The van der Waals surface area contributed by atoms with Crippen LogP contribution in [-0.2, 0) is 0 Å². The number of hydrogen-bond donors (Lipinski definition) is 1. The van der Waals surface area contributed by atoms with E-state index in [-0.39, 0.29) is 0 Å². The molecule has 0 fully saturated rings. The molecule has 0 unspecified atom stereocenters. The van der Waals surface area contributed by atoms with Gasteiger partial charge in [0.05, 0.1) is 0 Å². The summed E-state index contributed by atoms with van der Waals surface area (Å²) in [4.78, 5) is 2.45. The third-order valence-corrected chi connectivity index (χ3v) is 2.39. The first-order valence-corrected chi connectivity index (χ1v) is 6.00. The summed E-state index contributed by atoms with van der Waals surface area (Å²) in [6, 6.07) is 0. The Hall–Kier alpha value is -0.0800. The molecule has 0 aliphatic rings. The fraction of sp³-hybridized carbons (Fsp3) is 1.00. The Labute approximate surface area is 90.1 Å². The van der Waals surface area contributed by atoms with E-state index in [4.69, 9.17) is 0 Å². The van der Waals surface area contributed by atoms with Gasteiger partial charge in [0.1, 0.15) is 0 Å². The van der Waals surface area contributed by atoms with Gasteiger partial charge in [-0.1, -0.05) is 26.7 Å². The number of nitrogens with zero attached hydrogens (tertiary/aromatic N) is 1. The predicted octanol–water partition coefficient (Wildman–Crippen LogP) is 2.35. The predicted molar refractivity (Wildman–Crippen MR) is 64.7 cm³/mol. The van der Waals surface area contributed by atoms with Crippen molar-refractivity contribution in [3.63, 3.8) is 0 Å². The Kier molecular flexibility index (Phi) is 9.42. The van der Waals surface area contributed by atoms with Crippen molar-refractivity contribution in [1.82, 2.24) is 10.2 Å². The lowest BCUT2D eigenvalue weighted by Crippen LogP contribution is -2.24. The molecule has 0 bridgehead atoms. The van der Waals surface area contributed by atoms with Gasteiger partial charge in [-0.2, -0.15) is 0 Å². The second-order valence-corrected chi connectivity index (χ2v) is 4.67. The summed E-state index contributed by atoms with van der Waals surface area (Å²) < 4.78 is 0. The lowest BCUT2D eigenvalue weighted by atomic mass is 10.1. The van der Waals surface area contributed by atoms with Crippen LogP contribution in [0.25, 0.3) is 0 Å². The minimum Gasteiger partial charge on any atom is -0.320 e. The maximum Gasteiger partial charge on any atom is 0.000133 e. The molecule has 0 atom stereocenters. The largest absolute Gasteiger partial charge is 0.320 e. The van der Waals surface area contributed by atoms with E-state index in [0.29, 0.717) is 0 Å². The summed E-state index contributed by atoms with van der Waals surface area (Å²) in [6.07, 6.45) is 5.43. The van der Waals surface area contributed by atoms with Crippen LogP contribution in [0.4, 0.5) is 0 Å². The molecule has 2 nitrogen and oxygen atoms in total. The van der Waals surface area contributed by atoms with Gasteiger partial charge in [-0.25, -0.2) is 0 Å². The molecule has 0 aliphatic carbocycles. The van der Waals surface area contributed by atoms with Crippen LogP contribution in [-0.4, -0.2) is 38.6 Å². The topological polar surface area (TPSA) is 15.3 Å². The highest BCUT2D eigenvalue weighted by Gasteiger charge is 2.00. The Morgan fingerprint density at radius 2 is 1.71 bits per heavy atom. The molecular weight excluding hydrogens is 172 g/mol. The first-order valence-electron chi connectivity index (χ1n) is 6.00. The van der Waals surface area contributed by atoms with Crippen LogP contribution in [0, 0.1) is 5.92 Å². The van der Waals surface area contributed by atoms with E-state index in [1.807, 2.05) is 7.05 Å². The zero-order valence-electron chi connectivity index (χ0n) is 10.5. The molecule has 14 heavy (non-hydrogen) atoms. The summed E-state index contributed by atoms with van der Waals surface area (Å²) >= 11 is 0. The summed E-state index contributed by atoms with van der Waals surface area (Å²) in [5.41, 5.74) is 0. The molecule has 0 radical (unpaired) electrons. The standard InChI is InChI=1S/C12H28N2/c1-12(2)11-14(4)10-8-6-5-7-9-13-3/h12-13H,5-11H2,1-4H3. The second-order valence-electron chi connectivity index (χ2n) is 4.67. The molecule has 86 valence electrons. The molecule has 2 heteroatoms. The average Bonchev–Trinajstić information content (AvgIpc) is 2.10. The molecule has 1 N–H and O–H groups in total. The van der Waals surface area contributed by atoms with Crippen LogP contribution in [0.5, 0.6) is 0 Å². The van der Waals surface area contributed by atoms with Crippen molar-refractivity contribution >= 4 is 0 Å². The molecule has 0 heterocycles. The monoisotopic (exact) mass is 200 g/mol. The van der Waals surface area contributed by atoms with E-state index in [1.54, 1.807) is 0 Å². The Bertz CT molecular complexity index is 113. The van der Waals surface area contributed by atoms with Crippen LogP contribution in [0.15, 0.2) is 0 Å². The van der Waals surface area contributed by atoms with E-state index in [0.717, 1.165) is 5.92 Å². The SMILES string of the molecule is CNCCCCCCN(C)CC(C)C. The molecule has 0 aromatic carbocycles. The van der Waals surface area contributed by atoms with Gasteiger partial charge in [-0.15, -0.1) is 0 Å². The van der Waals surface area contributed by atoms with Gasteiger partial charge in [0.2, 0.25) is 0 Å². The zero-order valence-corrected chi connectivity index (χ0v) is 10.5. The van der Waals surface area contributed by atoms with Crippen molar-refractivity contribution in [1.29, 1.82) is 0 Å². The van der Waals surface area contributed by atoms with Crippen LogP contribution < -0.4 is 5.32 Å². The van der Waals surface area contributed by atoms with Crippen LogP contribution in [0.2, 0.25) is 0 Å². The molecule has 0 aromatic heterocycles. The molecule has 0 aromatic rings. The van der Waals surface area contributed by atoms with Crippen molar-refractivity contribution < 1.29 is 0 Å². The quantitative estimate of drug-likeness (QED) is 0.575. The summed E-state index contributed by atoms with van der Waals surface area (Å²) in [6.45, 7) is 8.23. The fourth-order valence-corrected chi connectivity index (χ4v) is 1.75. The van der Waals surface area contributed by atoms with E-state index in [1.165, 1.54) is 45.3 Å². The lowest BCUT2D eigenvalue weighted by molar-refractivity contribution is 0.288. The Morgan fingerprint density at radius 1 is 1.07 bits per heavy atom. The summed E-state index contributed by atoms with van der Waals surface area (Å²) in [7, 11) is 4.25. The smallest absolute Gasteiger partial charge is 0.000133 e. The first-order chi connectivity index (χ1) is 6.66. The van der Waals surface area contributed by atoms with Crippen molar-refractivity contribution in [2.24, 2.45) is 5.92 Å². The Morgan fingerprint density at radius 3 is 2.29 bits per heavy atom. The van der Waals surface area contributed by atoms with Gasteiger partial charge in [0, 0.05) is 6.54 Å². The van der Waals surface area contributed by atoms with Crippen molar-refractivity contribution in [3.05, 3.63) is 0 Å². The maximum absolute atomic E-state index is 3.18.